The van der Waals surface area contributed by atoms with Crippen LogP contribution in [-0.2, 0) is 14.8 Å². The summed E-state index contributed by atoms with van der Waals surface area (Å²) in [5.74, 6) is -0.803. The van der Waals surface area contributed by atoms with Crippen molar-refractivity contribution in [3.63, 3.8) is 0 Å². The molecule has 0 aromatic heterocycles. The van der Waals surface area contributed by atoms with Crippen molar-refractivity contribution in [3.8, 4) is 11.1 Å². The second kappa shape index (κ2) is 7.78. The maximum absolute atomic E-state index is 13.0. The number of hydrogen-bond donors (Lipinski definition) is 2. The monoisotopic (exact) mass is 390 g/mol. The first kappa shape index (κ1) is 19.5. The summed E-state index contributed by atoms with van der Waals surface area (Å²) in [6.07, 6.45) is 1.88. The zero-order valence-electron chi connectivity index (χ0n) is 15.3. The van der Waals surface area contributed by atoms with Crippen LogP contribution >= 0.6 is 0 Å². The lowest BCUT2D eigenvalue weighted by Crippen LogP contribution is -2.50. The molecule has 7 heteroatoms. The van der Waals surface area contributed by atoms with E-state index in [1.165, 1.54) is 24.3 Å². The number of carbonyl (C=O) groups excluding carboxylic acids is 1. The Kier molecular flexibility index (Phi) is 5.62. The molecule has 1 aliphatic carbocycles. The number of nitrogens with one attached hydrogen (secondary N) is 2. The molecule has 2 aromatic rings. The van der Waals surface area contributed by atoms with E-state index in [0.717, 1.165) is 24.0 Å². The molecule has 0 radical (unpaired) electrons. The smallest absolute Gasteiger partial charge is 0.241 e. The van der Waals surface area contributed by atoms with Gasteiger partial charge in [0.1, 0.15) is 11.9 Å². The van der Waals surface area contributed by atoms with E-state index in [1.54, 1.807) is 38.1 Å². The van der Waals surface area contributed by atoms with Crippen LogP contribution in [0, 0.1) is 11.7 Å². The van der Waals surface area contributed by atoms with Crippen LogP contribution in [0.4, 0.5) is 4.39 Å². The van der Waals surface area contributed by atoms with Crippen molar-refractivity contribution in [2.75, 3.05) is 0 Å². The van der Waals surface area contributed by atoms with Crippen molar-refractivity contribution in [1.82, 2.24) is 10.0 Å². The van der Waals surface area contributed by atoms with Crippen LogP contribution in [0.15, 0.2) is 53.4 Å². The summed E-state index contributed by atoms with van der Waals surface area (Å²) in [5, 5.41) is 2.85. The standard InChI is InChI=1S/C20H23FN2O3S/c1-13(2)19(20(24)22-17-9-10-17)23-27(25,26)18-11-5-15(6-12-18)14-3-7-16(21)8-4-14/h3-8,11-13,17,19,23H,9-10H2,1-2H3,(H,22,24). The highest BCUT2D eigenvalue weighted by Gasteiger charge is 2.32. The molecule has 144 valence electrons. The van der Waals surface area contributed by atoms with Crippen LogP contribution < -0.4 is 10.0 Å². The van der Waals surface area contributed by atoms with E-state index < -0.39 is 16.1 Å². The number of carbonyl (C=O) groups is 1. The maximum atomic E-state index is 13.0. The Morgan fingerprint density at radius 1 is 1.00 bits per heavy atom. The largest absolute Gasteiger partial charge is 0.352 e. The quantitative estimate of drug-likeness (QED) is 0.763. The molecule has 0 heterocycles. The summed E-state index contributed by atoms with van der Waals surface area (Å²) in [4.78, 5) is 12.4. The number of hydrogen-bond acceptors (Lipinski definition) is 3. The lowest BCUT2D eigenvalue weighted by atomic mass is 10.1. The van der Waals surface area contributed by atoms with Crippen LogP contribution in [0.3, 0.4) is 0 Å². The highest BCUT2D eigenvalue weighted by molar-refractivity contribution is 7.89. The van der Waals surface area contributed by atoms with Gasteiger partial charge < -0.3 is 5.32 Å². The molecular weight excluding hydrogens is 367 g/mol. The molecule has 2 N–H and O–H groups in total. The van der Waals surface area contributed by atoms with Crippen molar-refractivity contribution in [3.05, 3.63) is 54.3 Å². The fraction of sp³-hybridized carbons (Fsp3) is 0.350. The van der Waals surface area contributed by atoms with Crippen LogP contribution in [-0.4, -0.2) is 26.4 Å². The lowest BCUT2D eigenvalue weighted by molar-refractivity contribution is -0.123. The molecule has 3 rings (SSSR count). The van der Waals surface area contributed by atoms with Crippen molar-refractivity contribution in [1.29, 1.82) is 0 Å². The summed E-state index contributed by atoms with van der Waals surface area (Å²) < 4.78 is 41.0. The third-order valence-electron chi connectivity index (χ3n) is 4.50. The molecule has 0 bridgehead atoms. The van der Waals surface area contributed by atoms with Crippen LogP contribution in [0.1, 0.15) is 26.7 Å². The number of halogens is 1. The zero-order valence-corrected chi connectivity index (χ0v) is 16.1. The first-order valence-corrected chi connectivity index (χ1v) is 10.4. The molecule has 27 heavy (non-hydrogen) atoms. The van der Waals surface area contributed by atoms with E-state index in [2.05, 4.69) is 10.0 Å². The number of sulfonamides is 1. The number of rotatable bonds is 7. The predicted molar refractivity (Wildman–Crippen MR) is 102 cm³/mol. The van der Waals surface area contributed by atoms with Gasteiger partial charge in [0.15, 0.2) is 0 Å². The van der Waals surface area contributed by atoms with Gasteiger partial charge in [0.05, 0.1) is 4.90 Å². The molecule has 1 unspecified atom stereocenters. The van der Waals surface area contributed by atoms with Gasteiger partial charge >= 0.3 is 0 Å². The van der Waals surface area contributed by atoms with E-state index in [1.807, 2.05) is 0 Å². The van der Waals surface area contributed by atoms with Gasteiger partial charge in [0.25, 0.3) is 0 Å². The van der Waals surface area contributed by atoms with E-state index in [0.29, 0.717) is 0 Å². The van der Waals surface area contributed by atoms with Crippen LogP contribution in [0.5, 0.6) is 0 Å². The minimum absolute atomic E-state index is 0.0817. The molecule has 1 atom stereocenters. The van der Waals surface area contributed by atoms with Crippen molar-refractivity contribution in [2.45, 2.75) is 43.7 Å². The van der Waals surface area contributed by atoms with E-state index >= 15 is 0 Å². The van der Waals surface area contributed by atoms with Gasteiger partial charge in [-0.3, -0.25) is 4.79 Å². The molecule has 2 aromatic carbocycles. The SMILES string of the molecule is CC(C)C(NS(=O)(=O)c1ccc(-c2ccc(F)cc2)cc1)C(=O)NC1CC1. The summed E-state index contributed by atoms with van der Waals surface area (Å²) in [7, 11) is -3.84. The first-order valence-electron chi connectivity index (χ1n) is 8.95. The highest BCUT2D eigenvalue weighted by atomic mass is 32.2. The van der Waals surface area contributed by atoms with Crippen LogP contribution in [0.25, 0.3) is 11.1 Å². The Labute approximate surface area is 159 Å². The average Bonchev–Trinajstić information content (AvgIpc) is 3.44. The minimum Gasteiger partial charge on any atom is -0.352 e. The molecular formula is C20H23FN2O3S. The fourth-order valence-electron chi connectivity index (χ4n) is 2.72. The molecule has 5 nitrogen and oxygen atoms in total. The number of benzene rings is 2. The fourth-order valence-corrected chi connectivity index (χ4v) is 4.06. The Balaban J connectivity index is 1.76. The van der Waals surface area contributed by atoms with Crippen LogP contribution in [0.2, 0.25) is 0 Å². The second-order valence-corrected chi connectivity index (χ2v) is 8.87. The van der Waals surface area contributed by atoms with Crippen molar-refractivity contribution in [2.24, 2.45) is 5.92 Å². The third kappa shape index (κ3) is 4.93. The molecule has 0 saturated heterocycles. The molecule has 0 aliphatic heterocycles. The third-order valence-corrected chi connectivity index (χ3v) is 5.95. The average molecular weight is 390 g/mol. The topological polar surface area (TPSA) is 75.3 Å². The Morgan fingerprint density at radius 3 is 2.00 bits per heavy atom. The molecule has 1 saturated carbocycles. The molecule has 1 amide bonds. The Bertz CT molecular complexity index is 905. The molecule has 1 aliphatic rings. The normalized spacial score (nSPS) is 15.6. The summed E-state index contributed by atoms with van der Waals surface area (Å²) in [6, 6.07) is 11.6. The van der Waals surface area contributed by atoms with E-state index in [4.69, 9.17) is 0 Å². The van der Waals surface area contributed by atoms with Gasteiger partial charge in [-0.1, -0.05) is 38.1 Å². The van der Waals surface area contributed by atoms with E-state index in [9.17, 15) is 17.6 Å². The minimum atomic E-state index is -3.84. The summed E-state index contributed by atoms with van der Waals surface area (Å²) in [5.41, 5.74) is 1.57. The van der Waals surface area contributed by atoms with Gasteiger partial charge in [-0.2, -0.15) is 4.72 Å². The second-order valence-electron chi connectivity index (χ2n) is 7.16. The number of amides is 1. The van der Waals surface area contributed by atoms with Crippen molar-refractivity contribution >= 4 is 15.9 Å². The molecule has 0 spiro atoms. The zero-order chi connectivity index (χ0) is 19.6. The Hall–Kier alpha value is -2.25. The van der Waals surface area contributed by atoms with Gasteiger partial charge in [0.2, 0.25) is 15.9 Å². The predicted octanol–water partition coefficient (Wildman–Crippen LogP) is 3.07. The first-order chi connectivity index (χ1) is 12.8. The maximum Gasteiger partial charge on any atom is 0.241 e. The highest BCUT2D eigenvalue weighted by Crippen LogP contribution is 2.23. The van der Waals surface area contributed by atoms with Gasteiger partial charge in [-0.15, -0.1) is 0 Å². The summed E-state index contributed by atoms with van der Waals surface area (Å²) >= 11 is 0. The van der Waals surface area contributed by atoms with Gasteiger partial charge in [-0.25, -0.2) is 12.8 Å². The van der Waals surface area contributed by atoms with E-state index in [-0.39, 0.29) is 28.6 Å². The Morgan fingerprint density at radius 2 is 1.52 bits per heavy atom. The summed E-state index contributed by atoms with van der Waals surface area (Å²) in [6.45, 7) is 3.61. The van der Waals surface area contributed by atoms with Gasteiger partial charge in [0, 0.05) is 6.04 Å². The van der Waals surface area contributed by atoms with Gasteiger partial charge in [-0.05, 0) is 54.2 Å². The van der Waals surface area contributed by atoms with Crippen molar-refractivity contribution < 1.29 is 17.6 Å². The molecule has 1 fully saturated rings. The lowest BCUT2D eigenvalue weighted by Gasteiger charge is -2.21.